The van der Waals surface area contributed by atoms with Crippen molar-refractivity contribution in [3.8, 4) is 0 Å². The van der Waals surface area contributed by atoms with Gasteiger partial charge in [0.1, 0.15) is 11.2 Å². The molecule has 2 aliphatic rings. The van der Waals surface area contributed by atoms with Crippen LogP contribution in [0.1, 0.15) is 24.3 Å². The molecule has 0 N–H and O–H groups in total. The number of allylic oxidation sites excluding steroid dienone is 1. The van der Waals surface area contributed by atoms with Gasteiger partial charge in [0.05, 0.1) is 31.5 Å². The summed E-state index contributed by atoms with van der Waals surface area (Å²) in [7, 11) is 2.76. The van der Waals surface area contributed by atoms with E-state index < -0.39 is 23.3 Å². The number of alkyl halides is 1. The number of ether oxygens (including phenoxy) is 2. The Balaban J connectivity index is 2.26. The molecule has 1 saturated heterocycles. The van der Waals surface area contributed by atoms with Gasteiger partial charge in [0.15, 0.2) is 5.78 Å². The summed E-state index contributed by atoms with van der Waals surface area (Å²) in [6.45, 7) is 0.474. The molecular weight excluding hydrogens is 414 g/mol. The SMILES string of the molecule is COC(=O)[C@@]12CCCN(C(=O)CBr)[C@@H]1C(c1ccccc1)C(=O)C=C2OC. The molecule has 3 rings (SSSR count). The molecular formula is C20H22BrNO5. The fraction of sp³-hybridized carbons (Fsp3) is 0.450. The first kappa shape index (κ1) is 19.6. The van der Waals surface area contributed by atoms with Crippen LogP contribution in [0.15, 0.2) is 42.2 Å². The summed E-state index contributed by atoms with van der Waals surface area (Å²) in [6.07, 6.45) is 2.46. The fourth-order valence-electron chi connectivity index (χ4n) is 4.43. The molecule has 27 heavy (non-hydrogen) atoms. The molecule has 1 aliphatic carbocycles. The van der Waals surface area contributed by atoms with Gasteiger partial charge < -0.3 is 14.4 Å². The van der Waals surface area contributed by atoms with Crippen molar-refractivity contribution in [1.82, 2.24) is 4.90 Å². The van der Waals surface area contributed by atoms with E-state index in [1.54, 1.807) is 4.90 Å². The van der Waals surface area contributed by atoms with E-state index in [4.69, 9.17) is 9.47 Å². The van der Waals surface area contributed by atoms with Crippen LogP contribution in [-0.4, -0.2) is 54.7 Å². The molecule has 144 valence electrons. The second kappa shape index (κ2) is 7.84. The third kappa shape index (κ3) is 3.08. The third-order valence-corrected chi connectivity index (χ3v) is 5.99. The number of likely N-dealkylation sites (tertiary alicyclic amines) is 1. The smallest absolute Gasteiger partial charge is 0.321 e. The van der Waals surface area contributed by atoms with E-state index in [1.165, 1.54) is 20.3 Å². The fourth-order valence-corrected chi connectivity index (χ4v) is 4.75. The topological polar surface area (TPSA) is 72.9 Å². The number of ketones is 1. The van der Waals surface area contributed by atoms with Crippen molar-refractivity contribution in [2.75, 3.05) is 26.1 Å². The molecule has 0 radical (unpaired) electrons. The number of fused-ring (bicyclic) bond motifs is 1. The summed E-state index contributed by atoms with van der Waals surface area (Å²) in [5.74, 6) is -1.23. The van der Waals surface area contributed by atoms with Crippen LogP contribution >= 0.6 is 15.9 Å². The van der Waals surface area contributed by atoms with E-state index in [1.807, 2.05) is 30.3 Å². The Morgan fingerprint density at radius 1 is 1.26 bits per heavy atom. The lowest BCUT2D eigenvalue weighted by atomic mass is 9.61. The zero-order valence-corrected chi connectivity index (χ0v) is 16.9. The normalized spacial score (nSPS) is 27.4. The number of hydrogen-bond acceptors (Lipinski definition) is 5. The van der Waals surface area contributed by atoms with E-state index in [0.29, 0.717) is 19.4 Å². The number of halogens is 1. The third-order valence-electron chi connectivity index (χ3n) is 5.51. The highest BCUT2D eigenvalue weighted by molar-refractivity contribution is 9.09. The molecule has 1 aromatic carbocycles. The van der Waals surface area contributed by atoms with Gasteiger partial charge in [-0.05, 0) is 18.4 Å². The number of esters is 1. The molecule has 1 heterocycles. The Morgan fingerprint density at radius 2 is 1.96 bits per heavy atom. The van der Waals surface area contributed by atoms with Gasteiger partial charge in [-0.1, -0.05) is 46.3 Å². The molecule has 3 atom stereocenters. The van der Waals surface area contributed by atoms with E-state index >= 15 is 0 Å². The number of rotatable bonds is 4. The molecule has 1 amide bonds. The van der Waals surface area contributed by atoms with Crippen LogP contribution in [0.2, 0.25) is 0 Å². The summed E-state index contributed by atoms with van der Waals surface area (Å²) < 4.78 is 10.6. The highest BCUT2D eigenvalue weighted by Crippen LogP contribution is 2.52. The molecule has 0 bridgehead atoms. The van der Waals surface area contributed by atoms with Crippen LogP contribution in [0.5, 0.6) is 0 Å². The Morgan fingerprint density at radius 3 is 2.56 bits per heavy atom. The first-order valence-electron chi connectivity index (χ1n) is 8.80. The van der Waals surface area contributed by atoms with E-state index in [2.05, 4.69) is 15.9 Å². The van der Waals surface area contributed by atoms with Crippen LogP contribution < -0.4 is 0 Å². The van der Waals surface area contributed by atoms with Gasteiger partial charge in [-0.25, -0.2) is 0 Å². The number of amides is 1. The number of carbonyl (C=O) groups excluding carboxylic acids is 3. The number of methoxy groups -OCH3 is 2. The first-order chi connectivity index (χ1) is 13.0. The summed E-state index contributed by atoms with van der Waals surface area (Å²) in [5.41, 5.74) is -0.435. The van der Waals surface area contributed by atoms with Gasteiger partial charge in [-0.15, -0.1) is 0 Å². The lowest BCUT2D eigenvalue weighted by Crippen LogP contribution is -2.64. The first-order valence-corrected chi connectivity index (χ1v) is 9.92. The molecule has 1 unspecified atom stereocenters. The van der Waals surface area contributed by atoms with Gasteiger partial charge >= 0.3 is 5.97 Å². The van der Waals surface area contributed by atoms with Crippen LogP contribution in [0, 0.1) is 5.41 Å². The molecule has 1 aromatic rings. The molecule has 0 aromatic heterocycles. The number of carbonyl (C=O) groups is 3. The van der Waals surface area contributed by atoms with Crippen molar-refractivity contribution in [3.05, 3.63) is 47.7 Å². The Bertz CT molecular complexity index is 778. The summed E-state index contributed by atoms with van der Waals surface area (Å²) >= 11 is 3.22. The maximum Gasteiger partial charge on any atom is 0.321 e. The maximum absolute atomic E-state index is 13.1. The number of benzene rings is 1. The average molecular weight is 436 g/mol. The lowest BCUT2D eigenvalue weighted by molar-refractivity contribution is -0.166. The van der Waals surface area contributed by atoms with Crippen molar-refractivity contribution in [1.29, 1.82) is 0 Å². The van der Waals surface area contributed by atoms with Crippen LogP contribution in [-0.2, 0) is 23.9 Å². The Labute approximate surface area is 166 Å². The minimum Gasteiger partial charge on any atom is -0.500 e. The number of nitrogens with zero attached hydrogens (tertiary/aromatic N) is 1. The van der Waals surface area contributed by atoms with Crippen LogP contribution in [0.4, 0.5) is 0 Å². The highest BCUT2D eigenvalue weighted by Gasteiger charge is 2.62. The molecule has 7 heteroatoms. The average Bonchev–Trinajstić information content (AvgIpc) is 2.72. The quantitative estimate of drug-likeness (QED) is 0.536. The molecule has 1 fully saturated rings. The van der Waals surface area contributed by atoms with Crippen molar-refractivity contribution >= 4 is 33.6 Å². The predicted molar refractivity (Wildman–Crippen MR) is 102 cm³/mol. The van der Waals surface area contributed by atoms with E-state index in [0.717, 1.165) is 5.56 Å². The maximum atomic E-state index is 13.1. The summed E-state index contributed by atoms with van der Waals surface area (Å²) in [4.78, 5) is 40.4. The predicted octanol–water partition coefficient (Wildman–Crippen LogP) is 2.43. The van der Waals surface area contributed by atoms with Crippen LogP contribution in [0.25, 0.3) is 0 Å². The Hall–Kier alpha value is -2.15. The summed E-state index contributed by atoms with van der Waals surface area (Å²) in [6, 6.07) is 8.56. The van der Waals surface area contributed by atoms with Crippen molar-refractivity contribution in [2.24, 2.45) is 5.41 Å². The minimum atomic E-state index is -1.20. The zero-order valence-electron chi connectivity index (χ0n) is 15.3. The summed E-state index contributed by atoms with van der Waals surface area (Å²) in [5, 5.41) is 0.114. The van der Waals surface area contributed by atoms with Gasteiger partial charge in [0.25, 0.3) is 0 Å². The number of piperidine rings is 1. The zero-order chi connectivity index (χ0) is 19.6. The second-order valence-corrected chi connectivity index (χ2v) is 7.30. The standard InChI is InChI=1S/C20H22BrNO5/c1-26-15-11-14(23)17(13-7-4-3-5-8-13)18-20(15,19(25)27-2)9-6-10-22(18)16(24)12-21/h3-5,7-8,11,17-18H,6,9-10,12H2,1-2H3/t17?,18-,20-/m1/s1. The second-order valence-electron chi connectivity index (χ2n) is 6.74. The van der Waals surface area contributed by atoms with E-state index in [9.17, 15) is 14.4 Å². The highest BCUT2D eigenvalue weighted by atomic mass is 79.9. The van der Waals surface area contributed by atoms with Crippen molar-refractivity contribution in [2.45, 2.75) is 24.8 Å². The van der Waals surface area contributed by atoms with Crippen molar-refractivity contribution < 1.29 is 23.9 Å². The van der Waals surface area contributed by atoms with Crippen molar-refractivity contribution in [3.63, 3.8) is 0 Å². The molecule has 0 saturated carbocycles. The van der Waals surface area contributed by atoms with Gasteiger partial charge in [-0.3, -0.25) is 14.4 Å². The monoisotopic (exact) mass is 435 g/mol. The largest absolute Gasteiger partial charge is 0.500 e. The Kier molecular flexibility index (Phi) is 5.69. The minimum absolute atomic E-state index is 0.114. The lowest BCUT2D eigenvalue weighted by Gasteiger charge is -2.52. The van der Waals surface area contributed by atoms with Gasteiger partial charge in [0, 0.05) is 12.6 Å². The number of hydrogen-bond donors (Lipinski definition) is 0. The molecule has 0 spiro atoms. The molecule has 1 aliphatic heterocycles. The van der Waals surface area contributed by atoms with Gasteiger partial charge in [-0.2, -0.15) is 0 Å². The van der Waals surface area contributed by atoms with Gasteiger partial charge in [0.2, 0.25) is 5.91 Å². The van der Waals surface area contributed by atoms with E-state index in [-0.39, 0.29) is 22.8 Å². The molecule has 6 nitrogen and oxygen atoms in total. The van der Waals surface area contributed by atoms with Crippen LogP contribution in [0.3, 0.4) is 0 Å².